The maximum Gasteiger partial charge on any atom is 0.245 e. The van der Waals surface area contributed by atoms with E-state index in [1.807, 2.05) is 31.2 Å². The summed E-state index contributed by atoms with van der Waals surface area (Å²) in [7, 11) is 0. The minimum atomic E-state index is -0.0887. The zero-order valence-electron chi connectivity index (χ0n) is 9.92. The number of pyridine rings is 1. The molecule has 0 bridgehead atoms. The van der Waals surface area contributed by atoms with Gasteiger partial charge in [-0.1, -0.05) is 18.2 Å². The molecule has 18 heavy (non-hydrogen) atoms. The normalized spacial score (nSPS) is 11.0. The summed E-state index contributed by atoms with van der Waals surface area (Å²) in [5.74, 6) is 0.434. The Bertz CT molecular complexity index is 690. The first kappa shape index (κ1) is 10.9. The van der Waals surface area contributed by atoms with Crippen molar-refractivity contribution in [1.29, 1.82) is 0 Å². The molecule has 90 valence electrons. The summed E-state index contributed by atoms with van der Waals surface area (Å²) in [6.45, 7) is 1.92. The van der Waals surface area contributed by atoms with Crippen molar-refractivity contribution < 1.29 is 9.52 Å². The zero-order chi connectivity index (χ0) is 12.5. The second-order valence-corrected chi connectivity index (χ2v) is 4.14. The third kappa shape index (κ3) is 1.67. The topological polar surface area (TPSA) is 59.2 Å². The van der Waals surface area contributed by atoms with E-state index < -0.39 is 0 Å². The number of aliphatic hydroxyl groups is 1. The molecule has 2 aromatic heterocycles. The fourth-order valence-electron chi connectivity index (χ4n) is 2.04. The minimum absolute atomic E-state index is 0.0887. The summed E-state index contributed by atoms with van der Waals surface area (Å²) >= 11 is 0. The zero-order valence-corrected chi connectivity index (χ0v) is 9.92. The average Bonchev–Trinajstić information content (AvgIpc) is 2.91. The van der Waals surface area contributed by atoms with E-state index >= 15 is 0 Å². The van der Waals surface area contributed by atoms with Crippen LogP contribution in [0.2, 0.25) is 0 Å². The number of nitrogens with zero attached hydrogens (tertiary/aromatic N) is 2. The molecule has 0 spiro atoms. The first-order chi connectivity index (χ1) is 8.79. The van der Waals surface area contributed by atoms with E-state index in [0.29, 0.717) is 11.6 Å². The number of oxazole rings is 1. The van der Waals surface area contributed by atoms with Gasteiger partial charge in [-0.15, -0.1) is 0 Å². The van der Waals surface area contributed by atoms with Crippen molar-refractivity contribution in [2.45, 2.75) is 13.5 Å². The number of aryl methyl sites for hydroxylation is 1. The molecule has 0 saturated carbocycles. The molecule has 3 rings (SSSR count). The molecule has 3 aromatic rings. The molecule has 0 unspecified atom stereocenters. The quantitative estimate of drug-likeness (QED) is 0.748. The van der Waals surface area contributed by atoms with Crippen LogP contribution in [0.25, 0.3) is 22.5 Å². The molecule has 0 atom stereocenters. The number of fused-ring (bicyclic) bond motifs is 1. The summed E-state index contributed by atoms with van der Waals surface area (Å²) in [5, 5.41) is 10.4. The lowest BCUT2D eigenvalue weighted by atomic mass is 10.1. The van der Waals surface area contributed by atoms with E-state index in [0.717, 1.165) is 22.0 Å². The van der Waals surface area contributed by atoms with Crippen molar-refractivity contribution in [3.8, 4) is 11.6 Å². The Morgan fingerprint density at radius 1 is 1.33 bits per heavy atom. The average molecular weight is 240 g/mol. The highest BCUT2D eigenvalue weighted by atomic mass is 16.3. The summed E-state index contributed by atoms with van der Waals surface area (Å²) < 4.78 is 5.27. The van der Waals surface area contributed by atoms with Crippen LogP contribution in [0.15, 0.2) is 41.1 Å². The second kappa shape index (κ2) is 4.23. The maximum absolute atomic E-state index is 9.44. The van der Waals surface area contributed by atoms with Gasteiger partial charge in [0.1, 0.15) is 12.0 Å². The van der Waals surface area contributed by atoms with Crippen LogP contribution in [0.3, 0.4) is 0 Å². The summed E-state index contributed by atoms with van der Waals surface area (Å²) in [4.78, 5) is 8.66. The fraction of sp³-hybridized carbons (Fsp3) is 0.143. The Hall–Kier alpha value is -2.20. The Balaban J connectivity index is 2.33. The predicted octanol–water partition coefficient (Wildman–Crippen LogP) is 2.69. The van der Waals surface area contributed by atoms with Crippen LogP contribution in [0.5, 0.6) is 0 Å². The standard InChI is InChI=1S/C14H12N2O2/c1-9-3-2-4-10-7-11(8-17)13(16-12(9)10)14-15-5-6-18-14/h2-7,17H,8H2,1H3. The third-order valence-electron chi connectivity index (χ3n) is 2.93. The van der Waals surface area contributed by atoms with Gasteiger partial charge in [-0.25, -0.2) is 9.97 Å². The van der Waals surface area contributed by atoms with Crippen molar-refractivity contribution in [3.05, 3.63) is 47.9 Å². The Morgan fingerprint density at radius 3 is 2.94 bits per heavy atom. The molecule has 1 N–H and O–H groups in total. The van der Waals surface area contributed by atoms with Crippen molar-refractivity contribution >= 4 is 10.9 Å². The van der Waals surface area contributed by atoms with E-state index in [9.17, 15) is 5.11 Å². The highest BCUT2D eigenvalue weighted by Gasteiger charge is 2.12. The smallest absolute Gasteiger partial charge is 0.245 e. The van der Waals surface area contributed by atoms with Crippen LogP contribution in [0.4, 0.5) is 0 Å². The van der Waals surface area contributed by atoms with Crippen LogP contribution in [-0.4, -0.2) is 15.1 Å². The van der Waals surface area contributed by atoms with Gasteiger partial charge in [0.2, 0.25) is 5.89 Å². The Kier molecular flexibility index (Phi) is 2.57. The number of aromatic nitrogens is 2. The molecule has 0 aliphatic heterocycles. The first-order valence-corrected chi connectivity index (χ1v) is 5.69. The number of hydrogen-bond donors (Lipinski definition) is 1. The largest absolute Gasteiger partial charge is 0.443 e. The van der Waals surface area contributed by atoms with Crippen LogP contribution in [-0.2, 0) is 6.61 Å². The monoisotopic (exact) mass is 240 g/mol. The molecule has 0 aliphatic carbocycles. The number of hydrogen-bond acceptors (Lipinski definition) is 4. The summed E-state index contributed by atoms with van der Waals surface area (Å²) in [6.07, 6.45) is 3.07. The van der Waals surface area contributed by atoms with Crippen LogP contribution >= 0.6 is 0 Å². The molecule has 0 fully saturated rings. The molecule has 0 aliphatic rings. The highest BCUT2D eigenvalue weighted by molar-refractivity contribution is 5.84. The van der Waals surface area contributed by atoms with Gasteiger partial charge >= 0.3 is 0 Å². The molecule has 4 heteroatoms. The summed E-state index contributed by atoms with van der Waals surface area (Å²) in [5.41, 5.74) is 3.31. The second-order valence-electron chi connectivity index (χ2n) is 4.14. The van der Waals surface area contributed by atoms with Crippen LogP contribution in [0, 0.1) is 6.92 Å². The van der Waals surface area contributed by atoms with Gasteiger partial charge < -0.3 is 9.52 Å². The lowest BCUT2D eigenvalue weighted by Crippen LogP contribution is -1.95. The SMILES string of the molecule is Cc1cccc2cc(CO)c(-c3ncco3)nc12. The molecule has 2 heterocycles. The molecule has 0 amide bonds. The first-order valence-electron chi connectivity index (χ1n) is 5.69. The lowest BCUT2D eigenvalue weighted by Gasteiger charge is -2.07. The van der Waals surface area contributed by atoms with E-state index in [-0.39, 0.29) is 6.61 Å². The highest BCUT2D eigenvalue weighted by Crippen LogP contribution is 2.26. The van der Waals surface area contributed by atoms with Crippen LogP contribution < -0.4 is 0 Å². The third-order valence-corrected chi connectivity index (χ3v) is 2.93. The van der Waals surface area contributed by atoms with Gasteiger partial charge in [0.15, 0.2) is 0 Å². The molecular weight excluding hydrogens is 228 g/mol. The number of benzene rings is 1. The number of aliphatic hydroxyl groups excluding tert-OH is 1. The summed E-state index contributed by atoms with van der Waals surface area (Å²) in [6, 6.07) is 7.89. The predicted molar refractivity (Wildman–Crippen MR) is 67.9 cm³/mol. The molecule has 1 aromatic carbocycles. The lowest BCUT2D eigenvalue weighted by molar-refractivity contribution is 0.282. The fourth-order valence-corrected chi connectivity index (χ4v) is 2.04. The van der Waals surface area contributed by atoms with Gasteiger partial charge in [-0.3, -0.25) is 0 Å². The molecular formula is C14H12N2O2. The number of rotatable bonds is 2. The van der Waals surface area contributed by atoms with E-state index in [1.165, 1.54) is 6.26 Å². The van der Waals surface area contributed by atoms with E-state index in [4.69, 9.17) is 4.42 Å². The molecule has 4 nitrogen and oxygen atoms in total. The molecule has 0 radical (unpaired) electrons. The van der Waals surface area contributed by atoms with Crippen molar-refractivity contribution in [2.75, 3.05) is 0 Å². The maximum atomic E-state index is 9.44. The number of para-hydroxylation sites is 1. The van der Waals surface area contributed by atoms with Crippen molar-refractivity contribution in [2.24, 2.45) is 0 Å². The van der Waals surface area contributed by atoms with E-state index in [2.05, 4.69) is 9.97 Å². The van der Waals surface area contributed by atoms with Crippen LogP contribution in [0.1, 0.15) is 11.1 Å². The van der Waals surface area contributed by atoms with Crippen molar-refractivity contribution in [3.63, 3.8) is 0 Å². The van der Waals surface area contributed by atoms with Crippen molar-refractivity contribution in [1.82, 2.24) is 9.97 Å². The van der Waals surface area contributed by atoms with Gasteiger partial charge in [-0.2, -0.15) is 0 Å². The van der Waals surface area contributed by atoms with E-state index in [1.54, 1.807) is 6.20 Å². The molecule has 0 saturated heterocycles. The Morgan fingerprint density at radius 2 is 2.22 bits per heavy atom. The van der Waals surface area contributed by atoms with Gasteiger partial charge in [0.25, 0.3) is 0 Å². The van der Waals surface area contributed by atoms with Gasteiger partial charge in [0, 0.05) is 10.9 Å². The minimum Gasteiger partial charge on any atom is -0.443 e. The Labute approximate surface area is 104 Å². The van der Waals surface area contributed by atoms with Gasteiger partial charge in [-0.05, 0) is 18.6 Å². The van der Waals surface area contributed by atoms with Gasteiger partial charge in [0.05, 0.1) is 18.3 Å².